The van der Waals surface area contributed by atoms with Crippen molar-refractivity contribution in [2.75, 3.05) is 37.7 Å². The summed E-state index contributed by atoms with van der Waals surface area (Å²) in [5.74, 6) is 3.21. The van der Waals surface area contributed by atoms with Gasteiger partial charge < -0.3 is 36.3 Å². The zero-order chi connectivity index (χ0) is 48.9. The van der Waals surface area contributed by atoms with Crippen molar-refractivity contribution in [1.29, 1.82) is 0 Å². The predicted octanol–water partition coefficient (Wildman–Crippen LogP) is 5.01. The van der Waals surface area contributed by atoms with E-state index in [1.807, 2.05) is 17.4 Å². The molecule has 5 atom stereocenters. The Bertz CT molecular complexity index is 2350. The number of aromatic nitrogens is 1. The number of anilines is 1. The molecule has 68 heavy (non-hydrogen) atoms. The van der Waals surface area contributed by atoms with Crippen molar-refractivity contribution < 1.29 is 54.9 Å². The molecular weight excluding hydrogens is 904 g/mol. The number of amides is 2. The molecule has 21 heteroatoms. The average Bonchev–Trinajstić information content (AvgIpc) is 4.05. The zero-order valence-corrected chi connectivity index (χ0v) is 37.4. The van der Waals surface area contributed by atoms with Crippen molar-refractivity contribution >= 4 is 29.7 Å². The number of allylic oxidation sites excluding steroid dienone is 1. The van der Waals surface area contributed by atoms with Crippen LogP contribution in [0.25, 0.3) is 5.70 Å². The van der Waals surface area contributed by atoms with Crippen molar-refractivity contribution in [3.63, 3.8) is 0 Å². The smallest absolute Gasteiger partial charge is 0.408 e. The Morgan fingerprint density at radius 3 is 2.19 bits per heavy atom. The number of aliphatic imine (C=N–C) groups is 1. The van der Waals surface area contributed by atoms with Gasteiger partial charge in [-0.05, 0) is 94.0 Å². The number of nitrogens with two attached hydrogens (primary N) is 2. The number of hydrogen-bond donors (Lipinski definition) is 5. The number of carbonyl (C=O) groups is 2. The summed E-state index contributed by atoms with van der Waals surface area (Å²) >= 11 is 0. The van der Waals surface area contributed by atoms with E-state index < -0.39 is 84.7 Å². The summed E-state index contributed by atoms with van der Waals surface area (Å²) in [6, 6.07) is 10.5. The largest absolute Gasteiger partial charge is 0.446 e. The number of hydrazine groups is 1. The van der Waals surface area contributed by atoms with E-state index in [4.69, 9.17) is 25.9 Å². The maximum atomic E-state index is 15.6. The summed E-state index contributed by atoms with van der Waals surface area (Å²) < 4.78 is 110. The van der Waals surface area contributed by atoms with Gasteiger partial charge in [-0.3, -0.25) is 15.1 Å². The van der Waals surface area contributed by atoms with E-state index in [0.717, 1.165) is 60.9 Å². The highest BCUT2D eigenvalue weighted by Crippen LogP contribution is 2.41. The molecule has 3 saturated heterocycles. The first-order valence-corrected chi connectivity index (χ1v) is 22.2. The van der Waals surface area contributed by atoms with Crippen molar-refractivity contribution in [2.24, 2.45) is 21.9 Å². The second-order valence-corrected chi connectivity index (χ2v) is 18.1. The van der Waals surface area contributed by atoms with Gasteiger partial charge in [0.1, 0.15) is 29.6 Å². The number of pyridine rings is 1. The minimum atomic E-state index is -5.05. The second-order valence-electron chi connectivity index (χ2n) is 18.1. The van der Waals surface area contributed by atoms with Crippen LogP contribution in [0.4, 0.5) is 41.3 Å². The number of hydrogen-bond acceptors (Lipinski definition) is 12. The third kappa shape index (κ3) is 12.5. The molecule has 4 fully saturated rings. The molecule has 2 unspecified atom stereocenters. The van der Waals surface area contributed by atoms with Crippen molar-refractivity contribution in [1.82, 2.24) is 25.6 Å². The molecule has 1 aromatic heterocycles. The Labute approximate surface area is 388 Å². The van der Waals surface area contributed by atoms with Gasteiger partial charge >= 0.3 is 18.8 Å². The Hall–Kier alpha value is -5.79. The van der Waals surface area contributed by atoms with Gasteiger partial charge in [0.15, 0.2) is 0 Å². The Morgan fingerprint density at radius 1 is 1.00 bits per heavy atom. The van der Waals surface area contributed by atoms with Crippen LogP contribution < -0.4 is 27.1 Å². The normalized spacial score (nSPS) is 20.5. The molecule has 2 amide bonds. The fourth-order valence-electron chi connectivity index (χ4n) is 8.39. The standard InChI is InChI=1S/C47H54F7N9O5/c1-46(2,47(52,53)54)42(59-45(66)68-34-12-13-34)43(65)60-62(23-35-36(48)18-30(19-37(35)49)38(55)15-16-57-44(50)51)24-40(64)39(56)17-28-6-3-27(4-7-28)5-8-29-9-14-41(58-20-29)61-21-31-10-11-32(22-61)63(31)33-25-67-26-33/h3-4,6-7,9,14-16,18-20,31-34,39-40,42,44,64H,10-13,17,21-26,55-56H2,1-2H3,(H,59,66)(H,60,65)/t31?,32?,39-,40-,42+/m0/s1. The van der Waals surface area contributed by atoms with Crippen LogP contribution in [0.15, 0.2) is 65.8 Å². The Balaban J connectivity index is 1.02. The molecule has 3 aliphatic heterocycles. The molecule has 2 aromatic carbocycles. The van der Waals surface area contributed by atoms with Crippen LogP contribution in [-0.2, 0) is 27.2 Å². The summed E-state index contributed by atoms with van der Waals surface area (Å²) in [6.45, 7) is 0.201. The van der Waals surface area contributed by atoms with Crippen LogP contribution in [0.3, 0.4) is 0 Å². The third-order valence-electron chi connectivity index (χ3n) is 12.7. The number of nitrogens with zero attached hydrogens (tertiary/aromatic N) is 5. The van der Waals surface area contributed by atoms with Crippen LogP contribution in [0.5, 0.6) is 0 Å². The van der Waals surface area contributed by atoms with Crippen LogP contribution in [0.1, 0.15) is 67.3 Å². The number of aliphatic hydroxyl groups is 1. The Kier molecular flexibility index (Phi) is 15.6. The van der Waals surface area contributed by atoms with E-state index in [-0.39, 0.29) is 17.7 Å². The zero-order valence-electron chi connectivity index (χ0n) is 37.4. The van der Waals surface area contributed by atoms with Crippen molar-refractivity contribution in [3.8, 4) is 11.8 Å². The lowest BCUT2D eigenvalue weighted by Gasteiger charge is -2.47. The number of alkyl carbamates (subject to hydrolysis) is 1. The highest BCUT2D eigenvalue weighted by atomic mass is 19.4. The van der Waals surface area contributed by atoms with E-state index in [0.29, 0.717) is 62.2 Å². The highest BCUT2D eigenvalue weighted by molar-refractivity contribution is 5.86. The van der Waals surface area contributed by atoms with Gasteiger partial charge in [-0.2, -0.15) is 22.0 Å². The number of benzene rings is 2. The lowest BCUT2D eigenvalue weighted by molar-refractivity contribution is -0.221. The van der Waals surface area contributed by atoms with Gasteiger partial charge in [0.2, 0.25) is 0 Å². The van der Waals surface area contributed by atoms with Crippen LogP contribution >= 0.6 is 0 Å². The van der Waals surface area contributed by atoms with E-state index in [2.05, 4.69) is 32.1 Å². The molecule has 1 saturated carbocycles. The molecule has 3 aromatic rings. The molecule has 7 N–H and O–H groups in total. The number of fused-ring (bicyclic) bond motifs is 2. The van der Waals surface area contributed by atoms with Gasteiger partial charge in [-0.1, -0.05) is 24.0 Å². The van der Waals surface area contributed by atoms with Gasteiger partial charge in [-0.25, -0.2) is 28.6 Å². The fourth-order valence-corrected chi connectivity index (χ4v) is 8.39. The number of alkyl halides is 5. The Morgan fingerprint density at radius 2 is 1.63 bits per heavy atom. The molecule has 0 radical (unpaired) electrons. The number of rotatable bonds is 17. The number of carbonyl (C=O) groups excluding carboxylic acids is 2. The number of halogens is 7. The predicted molar refractivity (Wildman–Crippen MR) is 238 cm³/mol. The first-order valence-electron chi connectivity index (χ1n) is 22.2. The number of piperazine rings is 1. The third-order valence-corrected chi connectivity index (χ3v) is 12.7. The van der Waals surface area contributed by atoms with Crippen LogP contribution in [-0.4, -0.2) is 126 Å². The molecule has 7 rings (SSSR count). The highest BCUT2D eigenvalue weighted by Gasteiger charge is 2.56. The van der Waals surface area contributed by atoms with Crippen molar-refractivity contribution in [2.45, 2.75) is 108 Å². The minimum absolute atomic E-state index is 0.0443. The van der Waals surface area contributed by atoms with Crippen molar-refractivity contribution in [3.05, 3.63) is 100 Å². The van der Waals surface area contributed by atoms with E-state index in [1.54, 1.807) is 30.5 Å². The maximum absolute atomic E-state index is 15.6. The fraction of sp³-hybridized carbons (Fsp3) is 0.489. The molecule has 1 aliphatic carbocycles. The first-order chi connectivity index (χ1) is 32.2. The molecule has 14 nitrogen and oxygen atoms in total. The first kappa shape index (κ1) is 50.1. The quantitative estimate of drug-likeness (QED) is 0.0403. The SMILES string of the molecule is CC(C)([C@H](NC(=O)OC1CC1)C(=O)NN(Cc1c(F)cc(C(N)=CC=NC(F)F)cc1F)C[C@H](O)[C@@H](N)Cc1ccc(C#Cc2ccc(N3CC4CCC(C3)N4C3COC3)nc2)cc1)C(F)(F)F. The summed E-state index contributed by atoms with van der Waals surface area (Å²) in [5.41, 5.74) is 12.2. The van der Waals surface area contributed by atoms with Crippen LogP contribution in [0, 0.1) is 28.9 Å². The molecular formula is C47H54F7N9O5. The van der Waals surface area contributed by atoms with Gasteiger partial charge in [0, 0.05) is 84.7 Å². The lowest BCUT2D eigenvalue weighted by Crippen LogP contribution is -2.62. The number of ether oxygens (including phenoxy) is 2. The topological polar surface area (TPSA) is 184 Å². The summed E-state index contributed by atoms with van der Waals surface area (Å²) in [4.78, 5) is 38.8. The molecule has 0 spiro atoms. The maximum Gasteiger partial charge on any atom is 0.408 e. The van der Waals surface area contributed by atoms with Gasteiger partial charge in [0.05, 0.1) is 30.8 Å². The van der Waals surface area contributed by atoms with E-state index in [9.17, 15) is 36.6 Å². The molecule has 2 bridgehead atoms. The summed E-state index contributed by atoms with van der Waals surface area (Å²) in [7, 11) is 0. The molecule has 4 heterocycles. The van der Waals surface area contributed by atoms with E-state index >= 15 is 8.78 Å². The second kappa shape index (κ2) is 21.2. The van der Waals surface area contributed by atoms with E-state index in [1.165, 1.54) is 12.8 Å². The van der Waals surface area contributed by atoms with Gasteiger partial charge in [0.25, 0.3) is 5.91 Å². The number of nitrogens with one attached hydrogen (secondary N) is 2. The summed E-state index contributed by atoms with van der Waals surface area (Å²) in [5, 5.41) is 14.1. The average molecular weight is 958 g/mol. The minimum Gasteiger partial charge on any atom is -0.446 e. The monoisotopic (exact) mass is 957 g/mol. The lowest BCUT2D eigenvalue weighted by atomic mass is 9.83. The van der Waals surface area contributed by atoms with Crippen LogP contribution in [0.2, 0.25) is 0 Å². The summed E-state index contributed by atoms with van der Waals surface area (Å²) in [6.07, 6.45) is -1.78. The number of aliphatic hydroxyl groups excluding tert-OH is 1. The molecule has 366 valence electrons. The van der Waals surface area contributed by atoms with Gasteiger partial charge in [-0.15, -0.1) is 0 Å². The molecule has 4 aliphatic rings.